The quantitative estimate of drug-likeness (QED) is 0.269. The van der Waals surface area contributed by atoms with Crippen LogP contribution < -0.4 is 14.4 Å². The van der Waals surface area contributed by atoms with Crippen LogP contribution in [0.5, 0.6) is 11.5 Å². The van der Waals surface area contributed by atoms with Gasteiger partial charge in [-0.2, -0.15) is 0 Å². The molecule has 2 aromatic rings. The van der Waals surface area contributed by atoms with E-state index in [1.165, 1.54) is 32.4 Å². The Morgan fingerprint density at radius 2 is 1.81 bits per heavy atom. The molecule has 0 atom stereocenters. The van der Waals surface area contributed by atoms with Crippen LogP contribution in [0.25, 0.3) is 0 Å². The highest BCUT2D eigenvalue weighted by atomic mass is 16.6. The molecule has 0 unspecified atom stereocenters. The number of methoxy groups -OCH3 is 2. The van der Waals surface area contributed by atoms with Gasteiger partial charge < -0.3 is 23.8 Å². The lowest BCUT2D eigenvalue weighted by Crippen LogP contribution is -2.37. The zero-order valence-corrected chi connectivity index (χ0v) is 17.2. The molecule has 1 heterocycles. The number of morpholine rings is 1. The molecule has 0 radical (unpaired) electrons. The molecule has 10 heteroatoms. The minimum absolute atomic E-state index is 0.0153. The summed E-state index contributed by atoms with van der Waals surface area (Å²) >= 11 is 0. The third kappa shape index (κ3) is 5.10. The summed E-state index contributed by atoms with van der Waals surface area (Å²) in [6.45, 7) is 1.43. The number of anilines is 1. The monoisotopic (exact) mass is 430 g/mol. The van der Waals surface area contributed by atoms with Gasteiger partial charge in [-0.1, -0.05) is 0 Å². The first-order valence-electron chi connectivity index (χ1n) is 9.48. The molecule has 164 valence electrons. The molecule has 1 saturated heterocycles. The van der Waals surface area contributed by atoms with Gasteiger partial charge in [0.15, 0.2) is 6.61 Å². The highest BCUT2D eigenvalue weighted by Crippen LogP contribution is 2.28. The smallest absolute Gasteiger partial charge is 0.340 e. The fraction of sp³-hybridized carbons (Fsp3) is 0.333. The summed E-state index contributed by atoms with van der Waals surface area (Å²) in [5.41, 5.74) is 0.457. The maximum absolute atomic E-state index is 12.8. The maximum atomic E-state index is 12.8. The predicted octanol–water partition coefficient (Wildman–Crippen LogP) is 2.49. The number of non-ortho nitro benzene ring substituents is 1. The number of benzene rings is 2. The molecule has 2 aromatic carbocycles. The number of ether oxygens (including phenoxy) is 4. The number of nitro groups is 1. The summed E-state index contributed by atoms with van der Waals surface area (Å²) in [7, 11) is 2.88. The predicted molar refractivity (Wildman–Crippen MR) is 110 cm³/mol. The van der Waals surface area contributed by atoms with Crippen molar-refractivity contribution in [3.05, 3.63) is 57.6 Å². The lowest BCUT2D eigenvalue weighted by Gasteiger charge is -2.30. The SMILES string of the molecule is COc1ccc(OC)c(C(=O)COC(=O)c2cc([N+](=O)[O-])ccc2N2CCOCC2)c1. The molecule has 3 rings (SSSR count). The minimum Gasteiger partial charge on any atom is -0.497 e. The largest absolute Gasteiger partial charge is 0.497 e. The van der Waals surface area contributed by atoms with E-state index in [1.807, 2.05) is 4.90 Å². The normalized spacial score (nSPS) is 13.4. The second-order valence-electron chi connectivity index (χ2n) is 6.62. The summed E-state index contributed by atoms with van der Waals surface area (Å²) in [6.07, 6.45) is 0. The van der Waals surface area contributed by atoms with E-state index in [0.29, 0.717) is 43.5 Å². The number of carbonyl (C=O) groups excluding carboxylic acids is 2. The Balaban J connectivity index is 1.81. The van der Waals surface area contributed by atoms with Gasteiger partial charge in [0.1, 0.15) is 11.5 Å². The summed E-state index contributed by atoms with van der Waals surface area (Å²) < 4.78 is 20.8. The number of rotatable bonds is 8. The fourth-order valence-electron chi connectivity index (χ4n) is 3.20. The molecule has 31 heavy (non-hydrogen) atoms. The van der Waals surface area contributed by atoms with Gasteiger partial charge in [-0.3, -0.25) is 14.9 Å². The van der Waals surface area contributed by atoms with Crippen molar-refractivity contribution < 1.29 is 33.5 Å². The van der Waals surface area contributed by atoms with Gasteiger partial charge in [0.05, 0.1) is 49.2 Å². The topological polar surface area (TPSA) is 117 Å². The van der Waals surface area contributed by atoms with Gasteiger partial charge in [0.2, 0.25) is 5.78 Å². The van der Waals surface area contributed by atoms with E-state index in [4.69, 9.17) is 18.9 Å². The van der Waals surface area contributed by atoms with Crippen LogP contribution in [0.2, 0.25) is 0 Å². The molecule has 0 aliphatic carbocycles. The Morgan fingerprint density at radius 3 is 2.45 bits per heavy atom. The molecule has 10 nitrogen and oxygen atoms in total. The molecule has 0 saturated carbocycles. The molecule has 0 amide bonds. The molecule has 0 bridgehead atoms. The molecule has 1 aliphatic heterocycles. The number of esters is 1. The van der Waals surface area contributed by atoms with Crippen molar-refractivity contribution >= 4 is 23.1 Å². The standard InChI is InChI=1S/C21H22N2O8/c1-28-15-4-6-20(29-2)17(12-15)19(24)13-31-21(25)16-11-14(23(26)27)3-5-18(16)22-7-9-30-10-8-22/h3-6,11-12H,7-10,13H2,1-2H3. The maximum Gasteiger partial charge on any atom is 0.340 e. The Kier molecular flexibility index (Phi) is 7.03. The lowest BCUT2D eigenvalue weighted by atomic mass is 10.1. The Hall–Kier alpha value is -3.66. The van der Waals surface area contributed by atoms with Crippen molar-refractivity contribution in [2.24, 2.45) is 0 Å². The van der Waals surface area contributed by atoms with E-state index in [1.54, 1.807) is 12.1 Å². The second-order valence-corrected chi connectivity index (χ2v) is 6.62. The molecule has 1 aliphatic rings. The van der Waals surface area contributed by atoms with Crippen molar-refractivity contribution in [3.63, 3.8) is 0 Å². The van der Waals surface area contributed by atoms with Crippen LogP contribution in [0.15, 0.2) is 36.4 Å². The highest BCUT2D eigenvalue weighted by Gasteiger charge is 2.24. The number of hydrogen-bond acceptors (Lipinski definition) is 9. The van der Waals surface area contributed by atoms with Gasteiger partial charge in [-0.15, -0.1) is 0 Å². The van der Waals surface area contributed by atoms with Gasteiger partial charge in [-0.25, -0.2) is 4.79 Å². The summed E-state index contributed by atoms with van der Waals surface area (Å²) in [4.78, 5) is 37.9. The molecule has 1 fully saturated rings. The fourth-order valence-corrected chi connectivity index (χ4v) is 3.20. The number of ketones is 1. The Morgan fingerprint density at radius 1 is 1.06 bits per heavy atom. The van der Waals surface area contributed by atoms with Crippen molar-refractivity contribution in [1.82, 2.24) is 0 Å². The second kappa shape index (κ2) is 9.90. The Bertz CT molecular complexity index is 985. The van der Waals surface area contributed by atoms with Gasteiger partial charge in [0, 0.05) is 25.2 Å². The van der Waals surface area contributed by atoms with E-state index in [2.05, 4.69) is 0 Å². The Labute approximate surface area is 178 Å². The molecule has 0 aromatic heterocycles. The first-order chi connectivity index (χ1) is 14.9. The zero-order valence-electron chi connectivity index (χ0n) is 17.2. The molecule has 0 spiro atoms. The number of hydrogen-bond donors (Lipinski definition) is 0. The van der Waals surface area contributed by atoms with Crippen molar-refractivity contribution in [2.75, 3.05) is 52.0 Å². The highest BCUT2D eigenvalue weighted by molar-refractivity contribution is 6.03. The van der Waals surface area contributed by atoms with Gasteiger partial charge in [0.25, 0.3) is 5.69 Å². The minimum atomic E-state index is -0.833. The molecular formula is C21H22N2O8. The molecular weight excluding hydrogens is 408 g/mol. The van der Waals surface area contributed by atoms with E-state index >= 15 is 0 Å². The van der Waals surface area contributed by atoms with Gasteiger partial charge >= 0.3 is 5.97 Å². The lowest BCUT2D eigenvalue weighted by molar-refractivity contribution is -0.384. The molecule has 0 N–H and O–H groups in total. The number of Topliss-reactive ketones (excluding diaryl/α,β-unsaturated/α-hetero) is 1. The van der Waals surface area contributed by atoms with E-state index in [-0.39, 0.29) is 16.8 Å². The third-order valence-corrected chi connectivity index (χ3v) is 4.80. The van der Waals surface area contributed by atoms with E-state index < -0.39 is 23.3 Å². The first-order valence-corrected chi connectivity index (χ1v) is 9.48. The summed E-state index contributed by atoms with van der Waals surface area (Å²) in [5, 5.41) is 11.2. The average Bonchev–Trinajstić information content (AvgIpc) is 2.81. The van der Waals surface area contributed by atoms with Crippen molar-refractivity contribution in [3.8, 4) is 11.5 Å². The summed E-state index contributed by atoms with van der Waals surface area (Å²) in [5.74, 6) is -0.571. The zero-order chi connectivity index (χ0) is 22.4. The van der Waals surface area contributed by atoms with Crippen LogP contribution in [-0.4, -0.2) is 63.8 Å². The average molecular weight is 430 g/mol. The summed E-state index contributed by atoms with van der Waals surface area (Å²) in [6, 6.07) is 8.69. The van der Waals surface area contributed by atoms with E-state index in [9.17, 15) is 19.7 Å². The van der Waals surface area contributed by atoms with Crippen molar-refractivity contribution in [1.29, 1.82) is 0 Å². The van der Waals surface area contributed by atoms with Crippen LogP contribution in [0.1, 0.15) is 20.7 Å². The van der Waals surface area contributed by atoms with Gasteiger partial charge in [-0.05, 0) is 24.3 Å². The first kappa shape index (κ1) is 22.0. The number of nitrogens with zero attached hydrogens (tertiary/aromatic N) is 2. The van der Waals surface area contributed by atoms with Crippen LogP contribution in [0.3, 0.4) is 0 Å². The van der Waals surface area contributed by atoms with Crippen LogP contribution >= 0.6 is 0 Å². The third-order valence-electron chi connectivity index (χ3n) is 4.80. The number of nitro benzene ring substituents is 1. The van der Waals surface area contributed by atoms with Crippen LogP contribution in [0, 0.1) is 10.1 Å². The van der Waals surface area contributed by atoms with Crippen LogP contribution in [0.4, 0.5) is 11.4 Å². The number of carbonyl (C=O) groups is 2. The van der Waals surface area contributed by atoms with Crippen LogP contribution in [-0.2, 0) is 9.47 Å². The van der Waals surface area contributed by atoms with E-state index in [0.717, 1.165) is 6.07 Å². The van der Waals surface area contributed by atoms with Crippen molar-refractivity contribution in [2.45, 2.75) is 0 Å².